The monoisotopic (exact) mass is 516 g/mol. The van der Waals surface area contributed by atoms with Gasteiger partial charge in [0.1, 0.15) is 6.10 Å². The second-order valence-electron chi connectivity index (χ2n) is 15.7. The third kappa shape index (κ3) is 3.35. The lowest BCUT2D eigenvalue weighted by atomic mass is 9.33. The van der Waals surface area contributed by atoms with Crippen LogP contribution in [0, 0.1) is 50.2 Å². The van der Waals surface area contributed by atoms with Crippen LogP contribution in [0.15, 0.2) is 11.6 Å². The molecule has 37 heavy (non-hydrogen) atoms. The summed E-state index contributed by atoms with van der Waals surface area (Å²) in [4.78, 5) is 13.6. The number of fused-ring (bicyclic) bond motifs is 7. The molecule has 5 aliphatic rings. The van der Waals surface area contributed by atoms with E-state index in [1.165, 1.54) is 5.57 Å². The largest absolute Gasteiger partial charge is 0.466 e. The molecular weight excluding hydrogens is 464 g/mol. The van der Waals surface area contributed by atoms with Crippen molar-refractivity contribution in [1.29, 1.82) is 0 Å². The van der Waals surface area contributed by atoms with E-state index in [1.807, 2.05) is 6.92 Å². The molecule has 0 aromatic rings. The van der Waals surface area contributed by atoms with Gasteiger partial charge >= 0.3 is 5.97 Å². The van der Waals surface area contributed by atoms with Crippen molar-refractivity contribution in [3.63, 3.8) is 0 Å². The Morgan fingerprint density at radius 1 is 0.919 bits per heavy atom. The van der Waals surface area contributed by atoms with Crippen LogP contribution in [0.4, 0.5) is 0 Å². The highest BCUT2D eigenvalue weighted by atomic mass is 16.5. The first kappa shape index (κ1) is 27.6. The summed E-state index contributed by atoms with van der Waals surface area (Å²) in [7, 11) is 0. The zero-order chi connectivity index (χ0) is 27.4. The molecule has 5 heteroatoms. The van der Waals surface area contributed by atoms with E-state index in [0.717, 1.165) is 51.4 Å². The summed E-state index contributed by atoms with van der Waals surface area (Å²) in [5.41, 5.74) is 0.108. The van der Waals surface area contributed by atoms with E-state index in [4.69, 9.17) is 4.74 Å². The SMILES string of the molecule is CCOC(=O)[C@]12CCC(C)(C)C[C@H]1C1=CC[C@@H]3[C@@]4(C)[C@@H](O)[C@H](O)[C@H](O)C(C)(C)[C@@H]4CC[C@@]3(C)[C@]1(C)CC2. The molecule has 5 nitrogen and oxygen atoms in total. The number of esters is 1. The van der Waals surface area contributed by atoms with Gasteiger partial charge in [0.25, 0.3) is 0 Å². The zero-order valence-electron chi connectivity index (χ0n) is 24.6. The molecule has 0 aliphatic heterocycles. The molecule has 210 valence electrons. The Morgan fingerprint density at radius 3 is 2.22 bits per heavy atom. The summed E-state index contributed by atoms with van der Waals surface area (Å²) in [5, 5.41) is 33.6. The number of rotatable bonds is 2. The molecule has 0 aromatic carbocycles. The Bertz CT molecular complexity index is 984. The van der Waals surface area contributed by atoms with Gasteiger partial charge in [-0.25, -0.2) is 0 Å². The van der Waals surface area contributed by atoms with Crippen molar-refractivity contribution in [3.8, 4) is 0 Å². The van der Waals surface area contributed by atoms with Gasteiger partial charge in [-0.15, -0.1) is 0 Å². The van der Waals surface area contributed by atoms with E-state index in [1.54, 1.807) is 0 Å². The van der Waals surface area contributed by atoms with Crippen LogP contribution in [0.1, 0.15) is 107 Å². The van der Waals surface area contributed by atoms with Crippen LogP contribution < -0.4 is 0 Å². The average Bonchev–Trinajstić information content (AvgIpc) is 2.82. The molecule has 0 bridgehead atoms. The number of carbonyl (C=O) groups is 1. The number of carbonyl (C=O) groups excluding carboxylic acids is 1. The minimum absolute atomic E-state index is 0.00274. The lowest BCUT2D eigenvalue weighted by Crippen LogP contribution is -2.72. The Balaban J connectivity index is 1.62. The Kier molecular flexibility index (Phi) is 6.20. The summed E-state index contributed by atoms with van der Waals surface area (Å²) < 4.78 is 5.75. The molecule has 0 saturated heterocycles. The fourth-order valence-electron chi connectivity index (χ4n) is 10.9. The van der Waals surface area contributed by atoms with Crippen molar-refractivity contribution in [3.05, 3.63) is 11.6 Å². The van der Waals surface area contributed by atoms with Gasteiger partial charge in [-0.3, -0.25) is 4.79 Å². The maximum Gasteiger partial charge on any atom is 0.312 e. The Morgan fingerprint density at radius 2 is 1.57 bits per heavy atom. The maximum absolute atomic E-state index is 13.6. The third-order valence-electron chi connectivity index (χ3n) is 13.4. The van der Waals surface area contributed by atoms with E-state index in [2.05, 4.69) is 54.5 Å². The number of ether oxygens (including phenoxy) is 1. The van der Waals surface area contributed by atoms with Crippen molar-refractivity contribution in [2.24, 2.45) is 50.2 Å². The van der Waals surface area contributed by atoms with Gasteiger partial charge < -0.3 is 20.1 Å². The summed E-state index contributed by atoms with van der Waals surface area (Å²) in [5.74, 6) is 0.511. The molecule has 10 atom stereocenters. The van der Waals surface area contributed by atoms with Gasteiger partial charge in [-0.2, -0.15) is 0 Å². The quantitative estimate of drug-likeness (QED) is 0.326. The molecule has 0 spiro atoms. The molecular formula is C32H52O5. The molecule has 0 unspecified atom stereocenters. The second-order valence-corrected chi connectivity index (χ2v) is 15.7. The van der Waals surface area contributed by atoms with E-state index in [0.29, 0.717) is 6.61 Å². The Hall–Kier alpha value is -0.910. The molecule has 4 fully saturated rings. The van der Waals surface area contributed by atoms with E-state index >= 15 is 0 Å². The van der Waals surface area contributed by atoms with Crippen LogP contribution in [0.25, 0.3) is 0 Å². The van der Waals surface area contributed by atoms with E-state index in [9.17, 15) is 20.1 Å². The number of allylic oxidation sites excluding steroid dienone is 2. The molecule has 0 radical (unpaired) electrons. The van der Waals surface area contributed by atoms with Crippen LogP contribution in [-0.2, 0) is 9.53 Å². The van der Waals surface area contributed by atoms with E-state index in [-0.39, 0.29) is 40.0 Å². The summed E-state index contributed by atoms with van der Waals surface area (Å²) in [6.07, 6.45) is 7.00. The van der Waals surface area contributed by atoms with Crippen molar-refractivity contribution < 1.29 is 24.9 Å². The second kappa shape index (κ2) is 8.30. The molecule has 5 aliphatic carbocycles. The number of aliphatic hydroxyl groups is 3. The predicted molar refractivity (Wildman–Crippen MR) is 144 cm³/mol. The van der Waals surface area contributed by atoms with Crippen molar-refractivity contribution in [2.75, 3.05) is 6.61 Å². The number of hydrogen-bond acceptors (Lipinski definition) is 5. The minimum Gasteiger partial charge on any atom is -0.466 e. The van der Waals surface area contributed by atoms with Crippen LogP contribution in [0.5, 0.6) is 0 Å². The van der Waals surface area contributed by atoms with Gasteiger partial charge in [0.05, 0.1) is 24.2 Å². The third-order valence-corrected chi connectivity index (χ3v) is 13.4. The van der Waals surface area contributed by atoms with Gasteiger partial charge in [0.15, 0.2) is 0 Å². The fraction of sp³-hybridized carbons (Fsp3) is 0.906. The summed E-state index contributed by atoms with van der Waals surface area (Å²) >= 11 is 0. The van der Waals surface area contributed by atoms with Crippen molar-refractivity contribution in [1.82, 2.24) is 0 Å². The van der Waals surface area contributed by atoms with Gasteiger partial charge in [-0.1, -0.05) is 60.1 Å². The maximum atomic E-state index is 13.6. The highest BCUT2D eigenvalue weighted by molar-refractivity contribution is 5.78. The molecule has 5 rings (SSSR count). The van der Waals surface area contributed by atoms with Gasteiger partial charge in [0, 0.05) is 5.41 Å². The van der Waals surface area contributed by atoms with E-state index < -0.39 is 34.6 Å². The minimum atomic E-state index is -1.14. The standard InChI is InChI=1S/C32H52O5/c1-9-37-26(36)32-16-14-27(2,3)18-20(32)19-10-11-22-30(7,29(19,6)15-17-32)13-12-21-28(4,5)24(34)23(33)25(35)31(21,22)8/h10,20-25,33-35H,9,11-18H2,1-8H3/t20-,21-,22-,23+,24-,25-,29+,30+,31-,32-/m0/s1. The zero-order valence-corrected chi connectivity index (χ0v) is 24.6. The molecule has 0 amide bonds. The average molecular weight is 517 g/mol. The lowest BCUT2D eigenvalue weighted by Gasteiger charge is -2.72. The summed E-state index contributed by atoms with van der Waals surface area (Å²) in [6, 6.07) is 0. The van der Waals surface area contributed by atoms with Gasteiger partial charge in [-0.05, 0) is 97.7 Å². The first-order chi connectivity index (χ1) is 17.0. The highest BCUT2D eigenvalue weighted by Crippen LogP contribution is 2.75. The molecule has 4 saturated carbocycles. The van der Waals surface area contributed by atoms with Crippen molar-refractivity contribution >= 4 is 5.97 Å². The first-order valence-corrected chi connectivity index (χ1v) is 14.9. The van der Waals surface area contributed by atoms with Crippen LogP contribution in [-0.4, -0.2) is 46.2 Å². The predicted octanol–water partition coefficient (Wildman–Crippen LogP) is 5.65. The fourth-order valence-corrected chi connectivity index (χ4v) is 10.9. The van der Waals surface area contributed by atoms with Gasteiger partial charge in [0.2, 0.25) is 0 Å². The number of aliphatic hydroxyl groups excluding tert-OH is 3. The van der Waals surface area contributed by atoms with Crippen LogP contribution >= 0.6 is 0 Å². The topological polar surface area (TPSA) is 87.0 Å². The first-order valence-electron chi connectivity index (χ1n) is 14.9. The Labute approximate surface area is 224 Å². The lowest BCUT2D eigenvalue weighted by molar-refractivity contribution is -0.278. The highest BCUT2D eigenvalue weighted by Gasteiger charge is 2.72. The van der Waals surface area contributed by atoms with Crippen LogP contribution in [0.2, 0.25) is 0 Å². The number of hydrogen-bond donors (Lipinski definition) is 3. The molecule has 3 N–H and O–H groups in total. The normalized spacial score (nSPS) is 52.0. The van der Waals surface area contributed by atoms with Crippen molar-refractivity contribution in [2.45, 2.75) is 125 Å². The smallest absolute Gasteiger partial charge is 0.312 e. The molecule has 0 aromatic heterocycles. The summed E-state index contributed by atoms with van der Waals surface area (Å²) in [6.45, 7) is 18.3. The molecule has 0 heterocycles. The van der Waals surface area contributed by atoms with Crippen LogP contribution in [0.3, 0.4) is 0 Å².